The van der Waals surface area contributed by atoms with Crippen LogP contribution in [0.5, 0.6) is 0 Å². The van der Waals surface area contributed by atoms with Gasteiger partial charge in [0.2, 0.25) is 0 Å². The first kappa shape index (κ1) is 5.54. The van der Waals surface area contributed by atoms with Gasteiger partial charge in [-0.3, -0.25) is 10.9 Å². The number of hydrogen-bond acceptors (Lipinski definition) is 2. The molecule has 2 nitrogen and oxygen atoms in total. The molecular formula is C6H10N2. The SMILES string of the molecule is C=C1CNNCC1=C. The molecular weight excluding hydrogens is 100 g/mol. The Kier molecular flexibility index (Phi) is 1.46. The van der Waals surface area contributed by atoms with Crippen LogP contribution in [0.1, 0.15) is 0 Å². The van der Waals surface area contributed by atoms with Gasteiger partial charge in [-0.1, -0.05) is 13.2 Å². The lowest BCUT2D eigenvalue weighted by Crippen LogP contribution is -2.40. The summed E-state index contributed by atoms with van der Waals surface area (Å²) in [5.41, 5.74) is 8.11. The van der Waals surface area contributed by atoms with E-state index in [9.17, 15) is 0 Å². The highest BCUT2D eigenvalue weighted by Gasteiger charge is 2.03. The van der Waals surface area contributed by atoms with E-state index in [1.807, 2.05) is 0 Å². The summed E-state index contributed by atoms with van der Waals surface area (Å²) in [6.45, 7) is 9.22. The first-order valence-electron chi connectivity index (χ1n) is 2.62. The summed E-state index contributed by atoms with van der Waals surface area (Å²) < 4.78 is 0. The lowest BCUT2D eigenvalue weighted by atomic mass is 10.1. The normalized spacial score (nSPS) is 21.5. The van der Waals surface area contributed by atoms with Crippen LogP contribution in [0.4, 0.5) is 0 Å². The molecule has 1 rings (SSSR count). The minimum Gasteiger partial charge on any atom is -0.253 e. The van der Waals surface area contributed by atoms with Crippen LogP contribution in [0.3, 0.4) is 0 Å². The molecule has 1 aliphatic heterocycles. The fourth-order valence-electron chi connectivity index (χ4n) is 0.588. The minimum atomic E-state index is 0.818. The van der Waals surface area contributed by atoms with Gasteiger partial charge in [0.1, 0.15) is 0 Å². The van der Waals surface area contributed by atoms with Gasteiger partial charge in [0, 0.05) is 13.1 Å². The molecule has 0 bridgehead atoms. The van der Waals surface area contributed by atoms with Crippen LogP contribution in [-0.2, 0) is 0 Å². The third-order valence-electron chi connectivity index (χ3n) is 1.23. The molecule has 0 aromatic heterocycles. The zero-order valence-corrected chi connectivity index (χ0v) is 4.83. The topological polar surface area (TPSA) is 24.1 Å². The largest absolute Gasteiger partial charge is 0.253 e. The highest BCUT2D eigenvalue weighted by molar-refractivity contribution is 5.29. The number of hydrazine groups is 1. The van der Waals surface area contributed by atoms with Crippen LogP contribution in [-0.4, -0.2) is 13.1 Å². The maximum atomic E-state index is 3.79. The van der Waals surface area contributed by atoms with Crippen molar-refractivity contribution in [1.82, 2.24) is 10.9 Å². The van der Waals surface area contributed by atoms with Gasteiger partial charge in [-0.2, -0.15) is 0 Å². The molecule has 1 saturated heterocycles. The monoisotopic (exact) mass is 110 g/mol. The van der Waals surface area contributed by atoms with Crippen LogP contribution in [0.15, 0.2) is 24.3 Å². The second-order valence-electron chi connectivity index (χ2n) is 1.91. The molecule has 2 N–H and O–H groups in total. The van der Waals surface area contributed by atoms with Crippen molar-refractivity contribution in [3.63, 3.8) is 0 Å². The Morgan fingerprint density at radius 3 is 1.62 bits per heavy atom. The second-order valence-corrected chi connectivity index (χ2v) is 1.91. The Hall–Kier alpha value is -0.600. The molecule has 0 amide bonds. The molecule has 0 saturated carbocycles. The van der Waals surface area contributed by atoms with Crippen molar-refractivity contribution in [1.29, 1.82) is 0 Å². The average Bonchev–Trinajstić information content (AvgIpc) is 1.77. The third-order valence-corrected chi connectivity index (χ3v) is 1.23. The van der Waals surface area contributed by atoms with Gasteiger partial charge in [0.05, 0.1) is 0 Å². The molecule has 1 heterocycles. The molecule has 2 heteroatoms. The van der Waals surface area contributed by atoms with Crippen molar-refractivity contribution in [3.8, 4) is 0 Å². The van der Waals surface area contributed by atoms with Crippen molar-refractivity contribution in [2.45, 2.75) is 0 Å². The van der Waals surface area contributed by atoms with Gasteiger partial charge in [0.25, 0.3) is 0 Å². The van der Waals surface area contributed by atoms with Gasteiger partial charge in [-0.05, 0) is 11.1 Å². The molecule has 8 heavy (non-hydrogen) atoms. The fraction of sp³-hybridized carbons (Fsp3) is 0.333. The first-order valence-corrected chi connectivity index (χ1v) is 2.62. The molecule has 44 valence electrons. The second kappa shape index (κ2) is 2.11. The highest BCUT2D eigenvalue weighted by Crippen LogP contribution is 2.03. The van der Waals surface area contributed by atoms with E-state index in [1.165, 1.54) is 0 Å². The molecule has 0 aromatic rings. The third kappa shape index (κ3) is 0.967. The zero-order valence-electron chi connectivity index (χ0n) is 4.83. The molecule has 0 spiro atoms. The van der Waals surface area contributed by atoms with Gasteiger partial charge < -0.3 is 0 Å². The van der Waals surface area contributed by atoms with E-state index in [0.29, 0.717) is 0 Å². The lowest BCUT2D eigenvalue weighted by molar-refractivity contribution is 0.561. The lowest BCUT2D eigenvalue weighted by Gasteiger charge is -2.17. The quantitative estimate of drug-likeness (QED) is 0.465. The van der Waals surface area contributed by atoms with Crippen molar-refractivity contribution >= 4 is 0 Å². The fourth-order valence-corrected chi connectivity index (χ4v) is 0.588. The maximum Gasteiger partial charge on any atom is 0.0348 e. The number of rotatable bonds is 0. The van der Waals surface area contributed by atoms with Crippen LogP contribution < -0.4 is 10.9 Å². The van der Waals surface area contributed by atoms with E-state index in [2.05, 4.69) is 24.0 Å². The summed E-state index contributed by atoms with van der Waals surface area (Å²) in [5, 5.41) is 0. The van der Waals surface area contributed by atoms with Crippen molar-refractivity contribution < 1.29 is 0 Å². The first-order chi connectivity index (χ1) is 3.80. The van der Waals surface area contributed by atoms with Gasteiger partial charge in [-0.15, -0.1) is 0 Å². The van der Waals surface area contributed by atoms with E-state index < -0.39 is 0 Å². The molecule has 0 atom stereocenters. The van der Waals surface area contributed by atoms with Crippen molar-refractivity contribution in [2.75, 3.05) is 13.1 Å². The van der Waals surface area contributed by atoms with Gasteiger partial charge >= 0.3 is 0 Å². The van der Waals surface area contributed by atoms with Gasteiger partial charge in [-0.25, -0.2) is 0 Å². The summed E-state index contributed by atoms with van der Waals surface area (Å²) in [4.78, 5) is 0. The number of nitrogens with one attached hydrogen (secondary N) is 2. The molecule has 1 aliphatic rings. The Balaban J connectivity index is 2.52. The minimum absolute atomic E-state index is 0.818. The molecule has 0 aliphatic carbocycles. The molecule has 0 aromatic carbocycles. The summed E-state index contributed by atoms with van der Waals surface area (Å²) in [6.07, 6.45) is 0. The smallest absolute Gasteiger partial charge is 0.0348 e. The van der Waals surface area contributed by atoms with E-state index in [4.69, 9.17) is 0 Å². The average molecular weight is 110 g/mol. The molecule has 0 radical (unpaired) electrons. The maximum absolute atomic E-state index is 3.79. The predicted molar refractivity (Wildman–Crippen MR) is 34.3 cm³/mol. The van der Waals surface area contributed by atoms with Crippen molar-refractivity contribution in [2.24, 2.45) is 0 Å². The van der Waals surface area contributed by atoms with Crippen LogP contribution in [0.2, 0.25) is 0 Å². The van der Waals surface area contributed by atoms with Crippen molar-refractivity contribution in [3.05, 3.63) is 24.3 Å². The standard InChI is InChI=1S/C6H10N2/c1-5-3-7-8-4-6(5)2/h7-8H,1-4H2. The summed E-state index contributed by atoms with van der Waals surface area (Å²) in [6, 6.07) is 0. The highest BCUT2D eigenvalue weighted by atomic mass is 15.4. The van der Waals surface area contributed by atoms with E-state index in [0.717, 1.165) is 24.2 Å². The summed E-state index contributed by atoms with van der Waals surface area (Å²) >= 11 is 0. The Morgan fingerprint density at radius 2 is 1.38 bits per heavy atom. The van der Waals surface area contributed by atoms with E-state index in [1.54, 1.807) is 0 Å². The van der Waals surface area contributed by atoms with E-state index >= 15 is 0 Å². The molecule has 0 unspecified atom stereocenters. The van der Waals surface area contributed by atoms with Crippen LogP contribution in [0.25, 0.3) is 0 Å². The Bertz CT molecular complexity index is 110. The summed E-state index contributed by atoms with van der Waals surface area (Å²) in [7, 11) is 0. The van der Waals surface area contributed by atoms with Gasteiger partial charge in [0.15, 0.2) is 0 Å². The predicted octanol–water partition coefficient (Wildman–Crippen LogP) is 0.207. The van der Waals surface area contributed by atoms with E-state index in [-0.39, 0.29) is 0 Å². The number of hydrogen-bond donors (Lipinski definition) is 2. The van der Waals surface area contributed by atoms with Crippen LogP contribution >= 0.6 is 0 Å². The molecule has 1 fully saturated rings. The zero-order chi connectivity index (χ0) is 5.98. The Morgan fingerprint density at radius 1 is 1.00 bits per heavy atom. The Labute approximate surface area is 49.2 Å². The van der Waals surface area contributed by atoms with Crippen LogP contribution in [0, 0.1) is 0 Å². The summed E-state index contributed by atoms with van der Waals surface area (Å²) in [5.74, 6) is 0.